The molecule has 0 aliphatic carbocycles. The maximum Gasteiger partial charge on any atom is 0.262 e. The van der Waals surface area contributed by atoms with Gasteiger partial charge < -0.3 is 4.74 Å². The third kappa shape index (κ3) is 3.35. The summed E-state index contributed by atoms with van der Waals surface area (Å²) in [6.07, 6.45) is 1.39. The Bertz CT molecular complexity index is 745. The Morgan fingerprint density at radius 2 is 2.00 bits per heavy atom. The summed E-state index contributed by atoms with van der Waals surface area (Å²) in [5.41, 5.74) is 0. The topological polar surface area (TPSA) is 74.1 Å². The van der Waals surface area contributed by atoms with Crippen molar-refractivity contribution in [2.24, 2.45) is 7.05 Å². The highest BCUT2D eigenvalue weighted by Crippen LogP contribution is 2.35. The number of rotatable bonds is 4. The van der Waals surface area contributed by atoms with Gasteiger partial charge in [-0.05, 0) is 6.07 Å². The van der Waals surface area contributed by atoms with Crippen LogP contribution in [0.1, 0.15) is 5.82 Å². The van der Waals surface area contributed by atoms with Gasteiger partial charge in [-0.15, -0.1) is 0 Å². The van der Waals surface area contributed by atoms with Crippen molar-refractivity contribution in [3.63, 3.8) is 0 Å². The summed E-state index contributed by atoms with van der Waals surface area (Å²) >= 11 is 11.8. The van der Waals surface area contributed by atoms with Crippen LogP contribution in [0.4, 0.5) is 0 Å². The molecule has 0 spiro atoms. The van der Waals surface area contributed by atoms with Crippen molar-refractivity contribution in [1.29, 1.82) is 0 Å². The highest BCUT2D eigenvalue weighted by atomic mass is 35.7. The zero-order valence-electron chi connectivity index (χ0n) is 10.0. The van der Waals surface area contributed by atoms with E-state index >= 15 is 0 Å². The van der Waals surface area contributed by atoms with Gasteiger partial charge in [0.15, 0.2) is 5.82 Å². The van der Waals surface area contributed by atoms with Gasteiger partial charge in [-0.2, -0.15) is 5.10 Å². The molecule has 0 aliphatic heterocycles. The predicted octanol–water partition coefficient (Wildman–Crippen LogP) is 2.63. The van der Waals surface area contributed by atoms with Gasteiger partial charge >= 0.3 is 0 Å². The lowest BCUT2D eigenvalue weighted by molar-refractivity contribution is 0.290. The van der Waals surface area contributed by atoms with Gasteiger partial charge in [0.1, 0.15) is 23.6 Å². The Balaban J connectivity index is 2.26. The first kappa shape index (κ1) is 15.4. The van der Waals surface area contributed by atoms with Gasteiger partial charge in [0, 0.05) is 23.8 Å². The van der Waals surface area contributed by atoms with E-state index in [9.17, 15) is 8.42 Å². The molecule has 10 heteroatoms. The normalized spacial score (nSPS) is 11.6. The predicted molar refractivity (Wildman–Crippen MR) is 74.8 cm³/mol. The molecule has 1 aromatic carbocycles. The number of ether oxygens (including phenoxy) is 1. The molecular formula is C10H8Cl3N3O3S. The molecule has 0 amide bonds. The zero-order chi connectivity index (χ0) is 14.9. The number of halogens is 3. The highest BCUT2D eigenvalue weighted by molar-refractivity contribution is 8.13. The van der Waals surface area contributed by atoms with Crippen LogP contribution in [-0.4, -0.2) is 23.2 Å². The summed E-state index contributed by atoms with van der Waals surface area (Å²) < 4.78 is 29.5. The Kier molecular flexibility index (Phi) is 4.43. The third-order valence-corrected chi connectivity index (χ3v) is 4.49. The fraction of sp³-hybridized carbons (Fsp3) is 0.200. The van der Waals surface area contributed by atoms with Crippen LogP contribution in [0, 0.1) is 0 Å². The Morgan fingerprint density at radius 3 is 2.55 bits per heavy atom. The fourth-order valence-electron chi connectivity index (χ4n) is 1.40. The molecular weight excluding hydrogens is 349 g/mol. The van der Waals surface area contributed by atoms with E-state index in [-0.39, 0.29) is 27.3 Å². The molecule has 0 atom stereocenters. The molecule has 0 saturated carbocycles. The summed E-state index contributed by atoms with van der Waals surface area (Å²) in [4.78, 5) is 3.71. The van der Waals surface area contributed by atoms with E-state index in [1.165, 1.54) is 17.1 Å². The van der Waals surface area contributed by atoms with E-state index in [0.717, 1.165) is 6.07 Å². The van der Waals surface area contributed by atoms with Crippen LogP contribution in [0.2, 0.25) is 10.0 Å². The van der Waals surface area contributed by atoms with Crippen LogP contribution in [-0.2, 0) is 22.7 Å². The first-order chi connectivity index (χ1) is 9.29. The number of nitrogens with zero attached hydrogens (tertiary/aromatic N) is 3. The lowest BCUT2D eigenvalue weighted by atomic mass is 10.3. The molecule has 0 radical (unpaired) electrons. The number of hydrogen-bond donors (Lipinski definition) is 0. The van der Waals surface area contributed by atoms with Crippen molar-refractivity contribution in [3.05, 3.63) is 34.3 Å². The first-order valence-electron chi connectivity index (χ1n) is 5.18. The molecule has 108 valence electrons. The van der Waals surface area contributed by atoms with Gasteiger partial charge in [0.2, 0.25) is 0 Å². The Hall–Kier alpha value is -1.02. The second-order valence-electron chi connectivity index (χ2n) is 3.74. The first-order valence-corrected chi connectivity index (χ1v) is 8.25. The molecule has 6 nitrogen and oxygen atoms in total. The summed E-state index contributed by atoms with van der Waals surface area (Å²) in [6.45, 7) is 0.111. The molecule has 0 unspecified atom stereocenters. The average Bonchev–Trinajstić information content (AvgIpc) is 2.74. The van der Waals surface area contributed by atoms with Crippen molar-refractivity contribution < 1.29 is 13.2 Å². The largest absolute Gasteiger partial charge is 0.484 e. The van der Waals surface area contributed by atoms with E-state index in [0.29, 0.717) is 5.82 Å². The Labute approximate surface area is 129 Å². The maximum atomic E-state index is 11.3. The lowest BCUT2D eigenvalue weighted by Gasteiger charge is -2.09. The van der Waals surface area contributed by atoms with Crippen molar-refractivity contribution in [2.75, 3.05) is 0 Å². The molecule has 0 fully saturated rings. The maximum absolute atomic E-state index is 11.3. The van der Waals surface area contributed by atoms with Gasteiger partial charge in [-0.1, -0.05) is 23.2 Å². The second-order valence-corrected chi connectivity index (χ2v) is 7.09. The molecule has 2 rings (SSSR count). The number of aryl methyl sites for hydroxylation is 1. The van der Waals surface area contributed by atoms with Crippen molar-refractivity contribution in [1.82, 2.24) is 14.8 Å². The van der Waals surface area contributed by atoms with E-state index in [4.69, 9.17) is 38.6 Å². The standard InChI is InChI=1S/C10H8Cl3N3O3S/c1-16-10(14-5-15-16)4-19-8-2-7(12)9(3-6(8)11)20(13,17)18/h2-3,5H,4H2,1H3. The van der Waals surface area contributed by atoms with Crippen LogP contribution in [0.15, 0.2) is 23.4 Å². The third-order valence-electron chi connectivity index (χ3n) is 2.41. The molecule has 2 aromatic rings. The van der Waals surface area contributed by atoms with E-state index < -0.39 is 9.05 Å². The van der Waals surface area contributed by atoms with Crippen LogP contribution in [0.5, 0.6) is 5.75 Å². The van der Waals surface area contributed by atoms with Crippen LogP contribution in [0.25, 0.3) is 0 Å². The summed E-state index contributed by atoms with van der Waals surface area (Å²) in [5.74, 6) is 0.801. The molecule has 0 saturated heterocycles. The minimum Gasteiger partial charge on any atom is -0.484 e. The van der Waals surface area contributed by atoms with Crippen LogP contribution in [0.3, 0.4) is 0 Å². The molecule has 0 bridgehead atoms. The van der Waals surface area contributed by atoms with Crippen molar-refractivity contribution >= 4 is 42.9 Å². The summed E-state index contributed by atoms with van der Waals surface area (Å²) in [7, 11) is 2.98. The monoisotopic (exact) mass is 355 g/mol. The second kappa shape index (κ2) is 5.77. The van der Waals surface area contributed by atoms with Crippen LogP contribution >= 0.6 is 33.9 Å². The fourth-order valence-corrected chi connectivity index (χ4v) is 3.19. The molecule has 0 aliphatic rings. The number of aromatic nitrogens is 3. The lowest BCUT2D eigenvalue weighted by Crippen LogP contribution is -2.05. The van der Waals surface area contributed by atoms with Crippen LogP contribution < -0.4 is 4.74 Å². The van der Waals surface area contributed by atoms with E-state index in [1.54, 1.807) is 7.05 Å². The minimum atomic E-state index is -3.96. The van der Waals surface area contributed by atoms with Crippen molar-refractivity contribution in [2.45, 2.75) is 11.5 Å². The smallest absolute Gasteiger partial charge is 0.262 e. The van der Waals surface area contributed by atoms with E-state index in [2.05, 4.69) is 10.1 Å². The van der Waals surface area contributed by atoms with E-state index in [1.807, 2.05) is 0 Å². The Morgan fingerprint density at radius 1 is 1.30 bits per heavy atom. The van der Waals surface area contributed by atoms with Gasteiger partial charge in [-0.25, -0.2) is 13.4 Å². The minimum absolute atomic E-state index is 0.0719. The van der Waals surface area contributed by atoms with Gasteiger partial charge in [-0.3, -0.25) is 4.68 Å². The molecule has 0 N–H and O–H groups in total. The quantitative estimate of drug-likeness (QED) is 0.787. The highest BCUT2D eigenvalue weighted by Gasteiger charge is 2.18. The average molecular weight is 357 g/mol. The SMILES string of the molecule is Cn1ncnc1COc1cc(Cl)c(S(=O)(=O)Cl)cc1Cl. The molecule has 20 heavy (non-hydrogen) atoms. The number of hydrogen-bond acceptors (Lipinski definition) is 5. The summed E-state index contributed by atoms with van der Waals surface area (Å²) in [6, 6.07) is 2.42. The van der Waals surface area contributed by atoms with Crippen molar-refractivity contribution in [3.8, 4) is 5.75 Å². The van der Waals surface area contributed by atoms with Gasteiger partial charge in [0.05, 0.1) is 10.0 Å². The molecule has 1 heterocycles. The molecule has 1 aromatic heterocycles. The van der Waals surface area contributed by atoms with Gasteiger partial charge in [0.25, 0.3) is 9.05 Å². The number of benzene rings is 1. The summed E-state index contributed by atoms with van der Waals surface area (Å²) in [5, 5.41) is 3.89. The zero-order valence-corrected chi connectivity index (χ0v) is 13.1.